The predicted molar refractivity (Wildman–Crippen MR) is 97.0 cm³/mol. The van der Waals surface area contributed by atoms with Gasteiger partial charge in [0.15, 0.2) is 0 Å². The first-order chi connectivity index (χ1) is 11.5. The van der Waals surface area contributed by atoms with Crippen LogP contribution < -0.4 is 0 Å². The molecule has 0 aliphatic carbocycles. The first-order valence-corrected chi connectivity index (χ1v) is 8.48. The van der Waals surface area contributed by atoms with Gasteiger partial charge in [0.25, 0.3) is 11.1 Å². The van der Waals surface area contributed by atoms with Gasteiger partial charge < -0.3 is 4.42 Å². The summed E-state index contributed by atoms with van der Waals surface area (Å²) in [6, 6.07) is 8.65. The van der Waals surface area contributed by atoms with Gasteiger partial charge in [0.05, 0.1) is 15.0 Å². The molecule has 0 N–H and O–H groups in total. The number of furan rings is 1. The summed E-state index contributed by atoms with van der Waals surface area (Å²) in [6.45, 7) is 3.73. The number of imide groups is 1. The Bertz CT molecular complexity index is 872. The van der Waals surface area contributed by atoms with Crippen LogP contribution in [0.4, 0.5) is 4.79 Å². The Kier molecular flexibility index (Phi) is 4.85. The molecule has 1 aromatic heterocycles. The number of thioether (sulfide) groups is 1. The summed E-state index contributed by atoms with van der Waals surface area (Å²) in [6.07, 6.45) is 3.06. The predicted octanol–water partition coefficient (Wildman–Crippen LogP) is 5.48. The number of halogens is 2. The highest BCUT2D eigenvalue weighted by Crippen LogP contribution is 2.34. The Morgan fingerprint density at radius 3 is 2.67 bits per heavy atom. The molecule has 7 heteroatoms. The molecule has 4 nitrogen and oxygen atoms in total. The van der Waals surface area contributed by atoms with Gasteiger partial charge in [-0.25, -0.2) is 0 Å². The fraction of sp³-hybridized carbons (Fsp3) is 0.0588. The van der Waals surface area contributed by atoms with E-state index in [0.29, 0.717) is 26.5 Å². The van der Waals surface area contributed by atoms with Gasteiger partial charge >= 0.3 is 0 Å². The van der Waals surface area contributed by atoms with Crippen molar-refractivity contribution in [2.45, 2.75) is 0 Å². The van der Waals surface area contributed by atoms with Crippen LogP contribution in [0.15, 0.2) is 52.3 Å². The van der Waals surface area contributed by atoms with Crippen molar-refractivity contribution in [1.82, 2.24) is 4.90 Å². The maximum Gasteiger partial charge on any atom is 0.293 e. The van der Waals surface area contributed by atoms with E-state index in [9.17, 15) is 9.59 Å². The van der Waals surface area contributed by atoms with Crippen molar-refractivity contribution in [3.05, 3.63) is 63.7 Å². The molecule has 1 saturated heterocycles. The summed E-state index contributed by atoms with van der Waals surface area (Å²) in [5, 5.41) is 0.572. The van der Waals surface area contributed by atoms with Gasteiger partial charge in [-0.2, -0.15) is 0 Å². The second-order valence-corrected chi connectivity index (χ2v) is 6.72. The van der Waals surface area contributed by atoms with E-state index in [1.165, 1.54) is 6.08 Å². The summed E-state index contributed by atoms with van der Waals surface area (Å²) in [7, 11) is 0. The van der Waals surface area contributed by atoms with Crippen LogP contribution in [0, 0.1) is 0 Å². The molecule has 3 rings (SSSR count). The molecule has 1 aromatic carbocycles. The summed E-state index contributed by atoms with van der Waals surface area (Å²) in [5.74, 6) is 0.711. The Morgan fingerprint density at radius 2 is 1.96 bits per heavy atom. The quantitative estimate of drug-likeness (QED) is 0.521. The number of hydrogen-bond acceptors (Lipinski definition) is 4. The fourth-order valence-electron chi connectivity index (χ4n) is 2.15. The molecule has 2 heterocycles. The molecule has 0 radical (unpaired) electrons. The van der Waals surface area contributed by atoms with Gasteiger partial charge in [0, 0.05) is 18.2 Å². The van der Waals surface area contributed by atoms with Crippen molar-refractivity contribution in [3.63, 3.8) is 0 Å². The zero-order valence-corrected chi connectivity index (χ0v) is 14.6. The van der Waals surface area contributed by atoms with Crippen molar-refractivity contribution in [2.75, 3.05) is 6.54 Å². The van der Waals surface area contributed by atoms with E-state index in [2.05, 4.69) is 6.58 Å². The summed E-state index contributed by atoms with van der Waals surface area (Å²) >= 11 is 12.8. The third kappa shape index (κ3) is 3.29. The molecule has 0 unspecified atom stereocenters. The van der Waals surface area contributed by atoms with E-state index in [4.69, 9.17) is 27.6 Å². The SMILES string of the molecule is C=CCN1C(=O)SC(=Cc2ccc(-c3ccc(Cl)c(Cl)c3)o2)C1=O. The molecule has 2 amide bonds. The molecule has 0 bridgehead atoms. The average molecular weight is 380 g/mol. The molecule has 1 aliphatic heterocycles. The van der Waals surface area contributed by atoms with Crippen molar-refractivity contribution in [3.8, 4) is 11.3 Å². The molecule has 0 spiro atoms. The zero-order chi connectivity index (χ0) is 17.3. The number of hydrogen-bond donors (Lipinski definition) is 0. The van der Waals surface area contributed by atoms with Gasteiger partial charge in [-0.05, 0) is 42.1 Å². The Hall–Kier alpha value is -1.95. The molecule has 24 heavy (non-hydrogen) atoms. The Labute approximate surface area is 152 Å². The highest BCUT2D eigenvalue weighted by atomic mass is 35.5. The Morgan fingerprint density at radius 1 is 1.17 bits per heavy atom. The summed E-state index contributed by atoms with van der Waals surface area (Å²) in [5.41, 5.74) is 0.767. The molecular formula is C17H11Cl2NO3S. The Balaban J connectivity index is 1.86. The van der Waals surface area contributed by atoms with Gasteiger partial charge in [0.2, 0.25) is 0 Å². The third-order valence-corrected chi connectivity index (χ3v) is 4.94. The number of amides is 2. The van der Waals surface area contributed by atoms with Gasteiger partial charge in [-0.1, -0.05) is 29.3 Å². The van der Waals surface area contributed by atoms with Crippen LogP contribution in [-0.2, 0) is 4.79 Å². The maximum absolute atomic E-state index is 12.2. The third-order valence-electron chi connectivity index (χ3n) is 3.29. The minimum atomic E-state index is -0.350. The fourth-order valence-corrected chi connectivity index (χ4v) is 3.28. The van der Waals surface area contributed by atoms with E-state index >= 15 is 0 Å². The summed E-state index contributed by atoms with van der Waals surface area (Å²) in [4.78, 5) is 25.4. The number of rotatable bonds is 4. The van der Waals surface area contributed by atoms with E-state index in [0.717, 1.165) is 22.2 Å². The van der Waals surface area contributed by atoms with Crippen LogP contribution >= 0.6 is 35.0 Å². The highest BCUT2D eigenvalue weighted by Gasteiger charge is 2.34. The lowest BCUT2D eigenvalue weighted by atomic mass is 10.2. The van der Waals surface area contributed by atoms with Crippen LogP contribution in [0.25, 0.3) is 17.4 Å². The molecule has 122 valence electrons. The van der Waals surface area contributed by atoms with Gasteiger partial charge in [0.1, 0.15) is 11.5 Å². The number of carbonyl (C=O) groups is 2. The maximum atomic E-state index is 12.2. The molecule has 1 aliphatic rings. The molecular weight excluding hydrogens is 369 g/mol. The lowest BCUT2D eigenvalue weighted by molar-refractivity contribution is -0.122. The average Bonchev–Trinajstić information content (AvgIpc) is 3.11. The van der Waals surface area contributed by atoms with Gasteiger partial charge in [-0.3, -0.25) is 14.5 Å². The number of nitrogens with zero attached hydrogens (tertiary/aromatic N) is 1. The van der Waals surface area contributed by atoms with Crippen LogP contribution in [0.2, 0.25) is 10.0 Å². The smallest absolute Gasteiger partial charge is 0.293 e. The number of carbonyl (C=O) groups excluding carboxylic acids is 2. The van der Waals surface area contributed by atoms with Crippen LogP contribution in [0.5, 0.6) is 0 Å². The van der Waals surface area contributed by atoms with E-state index in [-0.39, 0.29) is 17.7 Å². The largest absolute Gasteiger partial charge is 0.457 e. The standard InChI is InChI=1S/C17H11Cl2NO3S/c1-2-7-20-16(21)15(24-17(20)22)9-11-4-6-14(23-11)10-3-5-12(18)13(19)8-10/h2-6,8-9H,1,7H2. The van der Waals surface area contributed by atoms with E-state index in [1.54, 1.807) is 36.4 Å². The number of benzene rings is 1. The van der Waals surface area contributed by atoms with Crippen LogP contribution in [0.3, 0.4) is 0 Å². The minimum Gasteiger partial charge on any atom is -0.457 e. The summed E-state index contributed by atoms with van der Waals surface area (Å²) < 4.78 is 5.71. The van der Waals surface area contributed by atoms with Crippen LogP contribution in [0.1, 0.15) is 5.76 Å². The molecule has 0 saturated carbocycles. The monoisotopic (exact) mass is 379 g/mol. The lowest BCUT2D eigenvalue weighted by Gasteiger charge is -2.07. The molecule has 2 aromatic rings. The molecule has 0 atom stereocenters. The van der Waals surface area contributed by atoms with E-state index < -0.39 is 0 Å². The van der Waals surface area contributed by atoms with Crippen LogP contribution in [-0.4, -0.2) is 22.6 Å². The second kappa shape index (κ2) is 6.89. The normalized spacial score (nSPS) is 16.2. The first-order valence-electron chi connectivity index (χ1n) is 6.91. The minimum absolute atomic E-state index is 0.189. The van der Waals surface area contributed by atoms with Gasteiger partial charge in [-0.15, -0.1) is 6.58 Å². The lowest BCUT2D eigenvalue weighted by Crippen LogP contribution is -2.27. The topological polar surface area (TPSA) is 50.5 Å². The van der Waals surface area contributed by atoms with E-state index in [1.807, 2.05) is 0 Å². The highest BCUT2D eigenvalue weighted by molar-refractivity contribution is 8.18. The second-order valence-electron chi connectivity index (χ2n) is 4.91. The zero-order valence-electron chi connectivity index (χ0n) is 12.3. The van der Waals surface area contributed by atoms with Crippen molar-refractivity contribution in [1.29, 1.82) is 0 Å². The van der Waals surface area contributed by atoms with Crippen molar-refractivity contribution in [2.24, 2.45) is 0 Å². The van der Waals surface area contributed by atoms with Crippen molar-refractivity contribution >= 4 is 52.2 Å². The first kappa shape index (κ1) is 16.9. The van der Waals surface area contributed by atoms with Crippen molar-refractivity contribution < 1.29 is 14.0 Å². The molecule has 1 fully saturated rings.